The van der Waals surface area contributed by atoms with Crippen molar-refractivity contribution in [2.75, 3.05) is 5.75 Å². The Balaban J connectivity index is 1.32. The molecule has 2 bridgehead atoms. The van der Waals surface area contributed by atoms with Crippen LogP contribution in [0.25, 0.3) is 5.69 Å². The van der Waals surface area contributed by atoms with Crippen LogP contribution in [0.5, 0.6) is 0 Å². The molecule has 0 unspecified atom stereocenters. The minimum absolute atomic E-state index is 0.0860. The van der Waals surface area contributed by atoms with Crippen LogP contribution in [0.1, 0.15) is 32.6 Å². The summed E-state index contributed by atoms with van der Waals surface area (Å²) in [7, 11) is 0. The van der Waals surface area contributed by atoms with Gasteiger partial charge in [0, 0.05) is 11.7 Å². The fourth-order valence-corrected chi connectivity index (χ4v) is 5.27. The number of benzene rings is 1. The monoisotopic (exact) mass is 356 g/mol. The van der Waals surface area contributed by atoms with E-state index in [4.69, 9.17) is 0 Å². The summed E-state index contributed by atoms with van der Waals surface area (Å²) in [5.74, 6) is 2.86. The van der Waals surface area contributed by atoms with Gasteiger partial charge in [0.1, 0.15) is 6.33 Å². The molecule has 2 fully saturated rings. The summed E-state index contributed by atoms with van der Waals surface area (Å²) in [5.41, 5.74) is 1.01. The van der Waals surface area contributed by atoms with E-state index in [1.165, 1.54) is 37.4 Å². The molecule has 2 aliphatic rings. The summed E-state index contributed by atoms with van der Waals surface area (Å²) in [6.45, 7) is 2.17. The molecule has 1 heterocycles. The Morgan fingerprint density at radius 1 is 1.32 bits per heavy atom. The lowest BCUT2D eigenvalue weighted by molar-refractivity contribution is -0.119. The maximum atomic E-state index is 12.4. The number of aromatic nitrogens is 3. The first-order chi connectivity index (χ1) is 12.2. The Hall–Kier alpha value is -1.82. The third kappa shape index (κ3) is 3.59. The second-order valence-corrected chi connectivity index (χ2v) is 8.25. The number of rotatable bonds is 6. The lowest BCUT2D eigenvalue weighted by atomic mass is 9.84. The Kier molecular flexibility index (Phi) is 4.79. The first-order valence-electron chi connectivity index (χ1n) is 9.08. The van der Waals surface area contributed by atoms with Crippen molar-refractivity contribution >= 4 is 17.7 Å². The van der Waals surface area contributed by atoms with Gasteiger partial charge >= 0.3 is 0 Å². The van der Waals surface area contributed by atoms with Crippen LogP contribution in [0.15, 0.2) is 41.8 Å². The molecule has 2 aromatic rings. The summed E-state index contributed by atoms with van der Waals surface area (Å²) in [5, 5.41) is 12.1. The SMILES string of the molecule is C[C@H](NC(=O)CSc1nncn1-c1ccccc1)[C@@H]1C[C@H]2CC[C@H]1C2. The standard InChI is InChI=1S/C19H24N4OS/c1-13(17-10-14-7-8-15(17)9-14)21-18(24)11-25-19-22-20-12-23(19)16-5-3-2-4-6-16/h2-6,12-15,17H,7-11H2,1H3,(H,21,24)/t13-,14-,15-,17-/m0/s1. The Labute approximate surface area is 152 Å². The minimum Gasteiger partial charge on any atom is -0.353 e. The van der Waals surface area contributed by atoms with E-state index in [2.05, 4.69) is 22.4 Å². The van der Waals surface area contributed by atoms with Gasteiger partial charge in [-0.1, -0.05) is 36.4 Å². The highest BCUT2D eigenvalue weighted by Crippen LogP contribution is 2.49. The van der Waals surface area contributed by atoms with Crippen molar-refractivity contribution in [1.29, 1.82) is 0 Å². The van der Waals surface area contributed by atoms with Crippen LogP contribution in [0.3, 0.4) is 0 Å². The molecule has 2 saturated carbocycles. The van der Waals surface area contributed by atoms with Crippen molar-refractivity contribution in [3.05, 3.63) is 36.7 Å². The van der Waals surface area contributed by atoms with E-state index in [-0.39, 0.29) is 11.9 Å². The second-order valence-electron chi connectivity index (χ2n) is 7.30. The fraction of sp³-hybridized carbons (Fsp3) is 0.526. The predicted molar refractivity (Wildman–Crippen MR) is 98.6 cm³/mol. The van der Waals surface area contributed by atoms with E-state index in [1.807, 2.05) is 34.9 Å². The van der Waals surface area contributed by atoms with E-state index in [1.54, 1.807) is 6.33 Å². The molecule has 1 N–H and O–H groups in total. The molecule has 0 spiro atoms. The normalized spacial score (nSPS) is 25.9. The van der Waals surface area contributed by atoms with Gasteiger partial charge in [0.05, 0.1) is 5.75 Å². The molecular formula is C19H24N4OS. The van der Waals surface area contributed by atoms with E-state index >= 15 is 0 Å². The third-order valence-corrected chi connectivity index (χ3v) is 6.65. The number of carbonyl (C=O) groups is 1. The van der Waals surface area contributed by atoms with Crippen molar-refractivity contribution in [1.82, 2.24) is 20.1 Å². The quantitative estimate of drug-likeness (QED) is 0.807. The van der Waals surface area contributed by atoms with E-state index in [9.17, 15) is 4.79 Å². The first kappa shape index (κ1) is 16.6. The van der Waals surface area contributed by atoms with Gasteiger partial charge in [0.15, 0.2) is 5.16 Å². The molecule has 4 atom stereocenters. The average Bonchev–Trinajstić information content (AvgIpc) is 3.37. The molecule has 1 aromatic carbocycles. The molecule has 132 valence electrons. The first-order valence-corrected chi connectivity index (χ1v) is 10.1. The van der Waals surface area contributed by atoms with Crippen molar-refractivity contribution in [3.63, 3.8) is 0 Å². The highest BCUT2D eigenvalue weighted by molar-refractivity contribution is 7.99. The summed E-state index contributed by atoms with van der Waals surface area (Å²) in [6, 6.07) is 10.2. The van der Waals surface area contributed by atoms with Crippen LogP contribution in [0.2, 0.25) is 0 Å². The highest BCUT2D eigenvalue weighted by atomic mass is 32.2. The topological polar surface area (TPSA) is 59.8 Å². The number of para-hydroxylation sites is 1. The molecule has 1 amide bonds. The van der Waals surface area contributed by atoms with Gasteiger partial charge in [-0.2, -0.15) is 0 Å². The van der Waals surface area contributed by atoms with Crippen LogP contribution < -0.4 is 5.32 Å². The number of hydrogen-bond donors (Lipinski definition) is 1. The van der Waals surface area contributed by atoms with Crippen LogP contribution >= 0.6 is 11.8 Å². The lowest BCUT2D eigenvalue weighted by Gasteiger charge is -2.28. The number of nitrogens with zero attached hydrogens (tertiary/aromatic N) is 3. The summed E-state index contributed by atoms with van der Waals surface area (Å²) in [6.07, 6.45) is 7.10. The van der Waals surface area contributed by atoms with Gasteiger partial charge < -0.3 is 5.32 Å². The second kappa shape index (κ2) is 7.20. The lowest BCUT2D eigenvalue weighted by Crippen LogP contribution is -2.40. The van der Waals surface area contributed by atoms with Gasteiger partial charge in [-0.15, -0.1) is 10.2 Å². The summed E-state index contributed by atoms with van der Waals surface area (Å²) in [4.78, 5) is 12.4. The Morgan fingerprint density at radius 2 is 2.16 bits per heavy atom. The van der Waals surface area contributed by atoms with Gasteiger partial charge in [0.2, 0.25) is 5.91 Å². The minimum atomic E-state index is 0.0860. The zero-order valence-corrected chi connectivity index (χ0v) is 15.3. The van der Waals surface area contributed by atoms with Crippen LogP contribution in [-0.4, -0.2) is 32.5 Å². The van der Waals surface area contributed by atoms with Gasteiger partial charge in [-0.3, -0.25) is 9.36 Å². The molecule has 0 aliphatic heterocycles. The largest absolute Gasteiger partial charge is 0.353 e. The van der Waals surface area contributed by atoms with Crippen LogP contribution in [0.4, 0.5) is 0 Å². The number of nitrogens with one attached hydrogen (secondary N) is 1. The number of thioether (sulfide) groups is 1. The van der Waals surface area contributed by atoms with Crippen LogP contribution in [-0.2, 0) is 4.79 Å². The van der Waals surface area contributed by atoms with Crippen LogP contribution in [0, 0.1) is 17.8 Å². The van der Waals surface area contributed by atoms with Crippen molar-refractivity contribution in [3.8, 4) is 5.69 Å². The molecule has 2 aliphatic carbocycles. The van der Waals surface area contributed by atoms with Crippen molar-refractivity contribution < 1.29 is 4.79 Å². The summed E-state index contributed by atoms with van der Waals surface area (Å²) >= 11 is 1.43. The Bertz CT molecular complexity index is 732. The van der Waals surface area contributed by atoms with Gasteiger partial charge in [0.25, 0.3) is 0 Å². The third-order valence-electron chi connectivity index (χ3n) is 5.71. The molecule has 25 heavy (non-hydrogen) atoms. The molecule has 6 heteroatoms. The number of carbonyl (C=O) groups excluding carboxylic acids is 1. The molecule has 0 radical (unpaired) electrons. The average molecular weight is 356 g/mol. The molecule has 5 nitrogen and oxygen atoms in total. The Morgan fingerprint density at radius 3 is 2.88 bits per heavy atom. The predicted octanol–water partition coefficient (Wildman–Crippen LogP) is 3.30. The molecular weight excluding hydrogens is 332 g/mol. The smallest absolute Gasteiger partial charge is 0.230 e. The number of hydrogen-bond acceptors (Lipinski definition) is 4. The van der Waals surface area contributed by atoms with Crippen molar-refractivity contribution in [2.45, 2.75) is 43.8 Å². The maximum Gasteiger partial charge on any atom is 0.230 e. The zero-order chi connectivity index (χ0) is 17.2. The highest BCUT2D eigenvalue weighted by Gasteiger charge is 2.42. The maximum absolute atomic E-state index is 12.4. The van der Waals surface area contributed by atoms with Gasteiger partial charge in [-0.25, -0.2) is 0 Å². The summed E-state index contributed by atoms with van der Waals surface area (Å²) < 4.78 is 1.91. The van der Waals surface area contributed by atoms with Gasteiger partial charge in [-0.05, 0) is 56.1 Å². The van der Waals surface area contributed by atoms with E-state index < -0.39 is 0 Å². The molecule has 1 aromatic heterocycles. The van der Waals surface area contributed by atoms with E-state index in [0.717, 1.165) is 22.7 Å². The van der Waals surface area contributed by atoms with Crippen molar-refractivity contribution in [2.24, 2.45) is 17.8 Å². The number of amides is 1. The fourth-order valence-electron chi connectivity index (χ4n) is 4.53. The number of fused-ring (bicyclic) bond motifs is 2. The molecule has 0 saturated heterocycles. The molecule has 4 rings (SSSR count). The van der Waals surface area contributed by atoms with E-state index in [0.29, 0.717) is 11.7 Å². The zero-order valence-electron chi connectivity index (χ0n) is 14.5.